The third-order valence-electron chi connectivity index (χ3n) is 2.24. The largest absolute Gasteiger partial charge is 0.297 e. The molecule has 18 heavy (non-hydrogen) atoms. The molecular formula is C13H19N3OS. The summed E-state index contributed by atoms with van der Waals surface area (Å²) in [6.07, 6.45) is 11.3. The molecule has 0 aliphatic rings. The lowest BCUT2D eigenvalue weighted by Crippen LogP contribution is -2.07. The van der Waals surface area contributed by atoms with Crippen LogP contribution in [0.25, 0.3) is 0 Å². The highest BCUT2D eigenvalue weighted by molar-refractivity contribution is 7.15. The van der Waals surface area contributed by atoms with Crippen LogP contribution in [0.15, 0.2) is 24.3 Å². The third kappa shape index (κ3) is 5.72. The van der Waals surface area contributed by atoms with E-state index in [1.54, 1.807) is 12.2 Å². The lowest BCUT2D eigenvalue weighted by Gasteiger charge is -1.94. The predicted molar refractivity (Wildman–Crippen MR) is 75.7 cm³/mol. The Kier molecular flexibility index (Phi) is 6.94. The second kappa shape index (κ2) is 8.58. The number of nitrogens with zero attached hydrogens (tertiary/aromatic N) is 2. The fourth-order valence-electron chi connectivity index (χ4n) is 1.33. The monoisotopic (exact) mass is 265 g/mol. The van der Waals surface area contributed by atoms with E-state index in [2.05, 4.69) is 22.4 Å². The van der Waals surface area contributed by atoms with Gasteiger partial charge in [0.1, 0.15) is 5.01 Å². The maximum Gasteiger partial charge on any atom is 0.250 e. The molecule has 4 nitrogen and oxygen atoms in total. The fraction of sp³-hybridized carbons (Fsp3) is 0.462. The van der Waals surface area contributed by atoms with E-state index >= 15 is 0 Å². The zero-order valence-corrected chi connectivity index (χ0v) is 11.7. The summed E-state index contributed by atoms with van der Waals surface area (Å²) >= 11 is 1.44. The van der Waals surface area contributed by atoms with Gasteiger partial charge in [-0.1, -0.05) is 49.3 Å². The molecule has 1 N–H and O–H groups in total. The van der Waals surface area contributed by atoms with Gasteiger partial charge in [0.15, 0.2) is 0 Å². The van der Waals surface area contributed by atoms with Gasteiger partial charge in [0.05, 0.1) is 0 Å². The van der Waals surface area contributed by atoms with E-state index < -0.39 is 0 Å². The fourth-order valence-corrected chi connectivity index (χ4v) is 2.12. The van der Waals surface area contributed by atoms with Gasteiger partial charge < -0.3 is 0 Å². The van der Waals surface area contributed by atoms with Gasteiger partial charge in [-0.05, 0) is 13.3 Å². The maximum atomic E-state index is 11.5. The van der Waals surface area contributed by atoms with Gasteiger partial charge in [0.25, 0.3) is 0 Å². The molecule has 0 aliphatic carbocycles. The van der Waals surface area contributed by atoms with Crippen molar-refractivity contribution in [1.29, 1.82) is 0 Å². The highest BCUT2D eigenvalue weighted by atomic mass is 32.1. The first kappa shape index (κ1) is 14.6. The van der Waals surface area contributed by atoms with Crippen molar-refractivity contribution in [2.75, 3.05) is 5.32 Å². The van der Waals surface area contributed by atoms with Crippen LogP contribution >= 0.6 is 11.3 Å². The molecule has 1 aromatic rings. The number of carbonyl (C=O) groups excluding carboxylic acids is 1. The SMILES string of the molecule is C/C=C/C=C/C(=O)Nc1nnc(CCCCC)s1. The molecule has 0 saturated heterocycles. The number of anilines is 1. The molecule has 0 radical (unpaired) electrons. The Morgan fingerprint density at radius 1 is 1.33 bits per heavy atom. The van der Waals surface area contributed by atoms with Crippen LogP contribution in [0.2, 0.25) is 0 Å². The summed E-state index contributed by atoms with van der Waals surface area (Å²) in [7, 11) is 0. The molecule has 0 unspecified atom stereocenters. The lowest BCUT2D eigenvalue weighted by atomic mass is 10.2. The smallest absolute Gasteiger partial charge is 0.250 e. The second-order valence-electron chi connectivity index (χ2n) is 3.83. The van der Waals surface area contributed by atoms with E-state index in [1.807, 2.05) is 13.0 Å². The molecule has 0 atom stereocenters. The predicted octanol–water partition coefficient (Wildman–Crippen LogP) is 3.34. The Morgan fingerprint density at radius 2 is 2.17 bits per heavy atom. The Labute approximate surface area is 112 Å². The maximum absolute atomic E-state index is 11.5. The Morgan fingerprint density at radius 3 is 2.89 bits per heavy atom. The topological polar surface area (TPSA) is 54.9 Å². The molecule has 1 rings (SSSR count). The molecule has 98 valence electrons. The number of aromatic nitrogens is 2. The van der Waals surface area contributed by atoms with Crippen molar-refractivity contribution in [2.24, 2.45) is 0 Å². The quantitative estimate of drug-likeness (QED) is 0.467. The van der Waals surface area contributed by atoms with Crippen LogP contribution in [-0.2, 0) is 11.2 Å². The van der Waals surface area contributed by atoms with Crippen LogP contribution < -0.4 is 5.32 Å². The summed E-state index contributed by atoms with van der Waals surface area (Å²) in [5.41, 5.74) is 0. The van der Waals surface area contributed by atoms with E-state index in [-0.39, 0.29) is 5.91 Å². The molecule has 0 fully saturated rings. The molecule has 0 bridgehead atoms. The molecule has 5 heteroatoms. The minimum atomic E-state index is -0.177. The van der Waals surface area contributed by atoms with Gasteiger partial charge in [-0.3, -0.25) is 10.1 Å². The highest BCUT2D eigenvalue weighted by Gasteiger charge is 2.05. The second-order valence-corrected chi connectivity index (χ2v) is 4.89. The summed E-state index contributed by atoms with van der Waals surface area (Å²) in [5, 5.41) is 12.2. The van der Waals surface area contributed by atoms with E-state index in [0.717, 1.165) is 17.8 Å². The number of aryl methyl sites for hydroxylation is 1. The zero-order valence-electron chi connectivity index (χ0n) is 10.8. The molecule has 0 aliphatic heterocycles. The van der Waals surface area contributed by atoms with Gasteiger partial charge in [-0.2, -0.15) is 0 Å². The minimum Gasteiger partial charge on any atom is -0.297 e. The van der Waals surface area contributed by atoms with E-state index in [0.29, 0.717) is 5.13 Å². The van der Waals surface area contributed by atoms with Crippen molar-refractivity contribution in [2.45, 2.75) is 39.5 Å². The minimum absolute atomic E-state index is 0.177. The van der Waals surface area contributed by atoms with Crippen molar-refractivity contribution in [3.8, 4) is 0 Å². The number of nitrogens with one attached hydrogen (secondary N) is 1. The number of hydrogen-bond donors (Lipinski definition) is 1. The normalized spacial score (nSPS) is 11.4. The number of carbonyl (C=O) groups is 1. The Balaban J connectivity index is 2.41. The third-order valence-corrected chi connectivity index (χ3v) is 3.14. The van der Waals surface area contributed by atoms with Crippen molar-refractivity contribution < 1.29 is 4.79 Å². The van der Waals surface area contributed by atoms with Crippen LogP contribution in [0, 0.1) is 0 Å². The summed E-state index contributed by atoms with van der Waals surface area (Å²) in [6, 6.07) is 0. The zero-order chi connectivity index (χ0) is 13.2. The molecule has 1 aromatic heterocycles. The Hall–Kier alpha value is -1.49. The number of amides is 1. The van der Waals surface area contributed by atoms with E-state index in [1.165, 1.54) is 30.3 Å². The van der Waals surface area contributed by atoms with E-state index in [9.17, 15) is 4.79 Å². The van der Waals surface area contributed by atoms with Gasteiger partial charge in [0.2, 0.25) is 11.0 Å². The van der Waals surface area contributed by atoms with Crippen LogP contribution in [0.5, 0.6) is 0 Å². The highest BCUT2D eigenvalue weighted by Crippen LogP contribution is 2.17. The molecule has 0 spiro atoms. The van der Waals surface area contributed by atoms with Crippen LogP contribution in [0.4, 0.5) is 5.13 Å². The number of hydrogen-bond acceptors (Lipinski definition) is 4. The number of rotatable bonds is 7. The first-order valence-electron chi connectivity index (χ1n) is 6.19. The molecule has 0 saturated carbocycles. The van der Waals surface area contributed by atoms with Crippen LogP contribution in [0.1, 0.15) is 38.1 Å². The lowest BCUT2D eigenvalue weighted by molar-refractivity contribution is -0.111. The molecule has 1 amide bonds. The Bertz CT molecular complexity index is 424. The van der Waals surface area contributed by atoms with Gasteiger partial charge in [-0.25, -0.2) is 0 Å². The summed E-state index contributed by atoms with van der Waals surface area (Å²) < 4.78 is 0. The summed E-state index contributed by atoms with van der Waals surface area (Å²) in [5.74, 6) is -0.177. The van der Waals surface area contributed by atoms with Gasteiger partial charge >= 0.3 is 0 Å². The first-order valence-corrected chi connectivity index (χ1v) is 7.00. The van der Waals surface area contributed by atoms with E-state index in [4.69, 9.17) is 0 Å². The molecular weight excluding hydrogens is 246 g/mol. The average Bonchev–Trinajstić information content (AvgIpc) is 2.77. The number of unbranched alkanes of at least 4 members (excludes halogenated alkanes) is 2. The van der Waals surface area contributed by atoms with Crippen molar-refractivity contribution in [3.05, 3.63) is 29.3 Å². The summed E-state index contributed by atoms with van der Waals surface area (Å²) in [4.78, 5) is 11.5. The van der Waals surface area contributed by atoms with Crippen molar-refractivity contribution in [3.63, 3.8) is 0 Å². The summed E-state index contributed by atoms with van der Waals surface area (Å²) in [6.45, 7) is 4.07. The van der Waals surface area contributed by atoms with Crippen molar-refractivity contribution in [1.82, 2.24) is 10.2 Å². The average molecular weight is 265 g/mol. The van der Waals surface area contributed by atoms with Crippen LogP contribution in [-0.4, -0.2) is 16.1 Å². The van der Waals surface area contributed by atoms with Gasteiger partial charge in [-0.15, -0.1) is 10.2 Å². The molecule has 0 aromatic carbocycles. The standard InChI is InChI=1S/C13H19N3OS/c1-3-5-7-9-11(17)14-13-16-15-12(18-13)10-8-6-4-2/h3,5,7,9H,4,6,8,10H2,1-2H3,(H,14,16,17)/b5-3+,9-7+. The number of allylic oxidation sites excluding steroid dienone is 3. The van der Waals surface area contributed by atoms with Crippen molar-refractivity contribution >= 4 is 22.4 Å². The van der Waals surface area contributed by atoms with Gasteiger partial charge in [0, 0.05) is 12.5 Å². The molecule has 1 heterocycles. The first-order chi connectivity index (χ1) is 8.76. The van der Waals surface area contributed by atoms with Crippen LogP contribution in [0.3, 0.4) is 0 Å².